The van der Waals surface area contributed by atoms with Crippen molar-refractivity contribution in [2.75, 3.05) is 19.0 Å². The maximum atomic E-state index is 12.8. The summed E-state index contributed by atoms with van der Waals surface area (Å²) in [5.41, 5.74) is 2.84. The van der Waals surface area contributed by atoms with E-state index in [0.29, 0.717) is 43.3 Å². The van der Waals surface area contributed by atoms with Gasteiger partial charge in [-0.2, -0.15) is 10.2 Å². The van der Waals surface area contributed by atoms with E-state index in [0.717, 1.165) is 30.5 Å². The minimum absolute atomic E-state index is 0.114. The van der Waals surface area contributed by atoms with E-state index in [-0.39, 0.29) is 17.9 Å². The number of rotatable bonds is 6. The third-order valence-corrected chi connectivity index (χ3v) is 5.17. The van der Waals surface area contributed by atoms with Crippen LogP contribution < -0.4 is 5.32 Å². The number of anilines is 1. The molecule has 9 heteroatoms. The number of carbonyl (C=O) groups excluding carboxylic acids is 2. The molecule has 1 aliphatic carbocycles. The normalized spacial score (nSPS) is 19.4. The van der Waals surface area contributed by atoms with Gasteiger partial charge in [0, 0.05) is 33.3 Å². The Hall–Kier alpha value is -2.78. The molecule has 1 amide bonds. The van der Waals surface area contributed by atoms with Crippen LogP contribution in [-0.2, 0) is 27.9 Å². The fourth-order valence-electron chi connectivity index (χ4n) is 3.77. The Morgan fingerprint density at radius 2 is 2.17 bits per heavy atom. The minimum atomic E-state index is -0.306. The van der Waals surface area contributed by atoms with Crippen LogP contribution in [0.2, 0.25) is 0 Å². The zero-order chi connectivity index (χ0) is 20.4. The molecular formula is C20H25N5O4. The van der Waals surface area contributed by atoms with Crippen molar-refractivity contribution < 1.29 is 19.1 Å². The van der Waals surface area contributed by atoms with Gasteiger partial charge < -0.3 is 14.8 Å². The molecule has 1 saturated heterocycles. The van der Waals surface area contributed by atoms with Crippen LogP contribution in [0.3, 0.4) is 0 Å². The zero-order valence-corrected chi connectivity index (χ0v) is 16.7. The summed E-state index contributed by atoms with van der Waals surface area (Å²) in [6.45, 7) is 1.02. The first kappa shape index (κ1) is 19.5. The molecular weight excluding hydrogens is 374 g/mol. The number of amides is 1. The molecule has 2 aliphatic rings. The van der Waals surface area contributed by atoms with Crippen LogP contribution in [-0.4, -0.2) is 45.0 Å². The van der Waals surface area contributed by atoms with Gasteiger partial charge in [-0.15, -0.1) is 0 Å². The zero-order valence-electron chi connectivity index (χ0n) is 16.7. The number of allylic oxidation sites excluding steroid dienone is 2. The standard InChI is InChI=1S/C20H25N5O4/c1-24-17(10-14(22-24)12-28-2)20(27)21-18-11-16(13-6-7-15(26)9-13)25(23-18)19-5-3-4-8-29-19/h9-11,19H,3-8,12H2,1-2H3,(H,21,23,27). The monoisotopic (exact) mass is 399 g/mol. The number of nitrogens with zero attached hydrogens (tertiary/aromatic N) is 4. The van der Waals surface area contributed by atoms with Crippen LogP contribution in [0, 0.1) is 0 Å². The van der Waals surface area contributed by atoms with E-state index in [2.05, 4.69) is 15.5 Å². The Morgan fingerprint density at radius 3 is 2.86 bits per heavy atom. The SMILES string of the molecule is COCc1cc(C(=O)Nc2cc(C3=CC(=O)CC3)n(C3CCCCO3)n2)n(C)n1. The summed E-state index contributed by atoms with van der Waals surface area (Å²) in [6, 6.07) is 3.51. The van der Waals surface area contributed by atoms with Gasteiger partial charge in [-0.3, -0.25) is 14.3 Å². The summed E-state index contributed by atoms with van der Waals surface area (Å²) in [5, 5.41) is 11.7. The maximum absolute atomic E-state index is 12.8. The molecule has 1 fully saturated rings. The molecule has 9 nitrogen and oxygen atoms in total. The number of hydrogen-bond acceptors (Lipinski definition) is 6. The molecule has 1 atom stereocenters. The number of methoxy groups -OCH3 is 1. The van der Waals surface area contributed by atoms with Gasteiger partial charge in [0.15, 0.2) is 17.8 Å². The first-order valence-electron chi connectivity index (χ1n) is 9.83. The van der Waals surface area contributed by atoms with Crippen molar-refractivity contribution in [2.45, 2.75) is 44.9 Å². The molecule has 0 radical (unpaired) electrons. The second-order valence-corrected chi connectivity index (χ2v) is 7.35. The summed E-state index contributed by atoms with van der Waals surface area (Å²) < 4.78 is 14.3. The van der Waals surface area contributed by atoms with Crippen molar-refractivity contribution in [3.05, 3.63) is 35.3 Å². The maximum Gasteiger partial charge on any atom is 0.275 e. The van der Waals surface area contributed by atoms with Crippen molar-refractivity contribution in [1.82, 2.24) is 19.6 Å². The van der Waals surface area contributed by atoms with Crippen molar-refractivity contribution >= 4 is 23.1 Å². The lowest BCUT2D eigenvalue weighted by Gasteiger charge is -2.24. The molecule has 1 aliphatic heterocycles. The highest BCUT2D eigenvalue weighted by molar-refractivity contribution is 6.03. The fourth-order valence-corrected chi connectivity index (χ4v) is 3.77. The molecule has 29 heavy (non-hydrogen) atoms. The minimum Gasteiger partial charge on any atom is -0.378 e. The number of nitrogens with one attached hydrogen (secondary N) is 1. The first-order valence-corrected chi connectivity index (χ1v) is 9.83. The number of carbonyl (C=O) groups is 2. The largest absolute Gasteiger partial charge is 0.378 e. The van der Waals surface area contributed by atoms with Gasteiger partial charge in [-0.1, -0.05) is 0 Å². The van der Waals surface area contributed by atoms with Gasteiger partial charge in [0.05, 0.1) is 18.0 Å². The van der Waals surface area contributed by atoms with E-state index in [9.17, 15) is 9.59 Å². The topological polar surface area (TPSA) is 100 Å². The number of aromatic nitrogens is 4. The average molecular weight is 399 g/mol. The molecule has 0 spiro atoms. The van der Waals surface area contributed by atoms with Gasteiger partial charge in [0.25, 0.3) is 5.91 Å². The van der Waals surface area contributed by atoms with Gasteiger partial charge >= 0.3 is 0 Å². The van der Waals surface area contributed by atoms with Crippen molar-refractivity contribution in [1.29, 1.82) is 0 Å². The Morgan fingerprint density at radius 1 is 1.31 bits per heavy atom. The number of aryl methyl sites for hydroxylation is 1. The predicted octanol–water partition coefficient (Wildman–Crippen LogP) is 2.46. The molecule has 154 valence electrons. The molecule has 4 rings (SSSR count). The number of ether oxygens (including phenoxy) is 2. The summed E-state index contributed by atoms with van der Waals surface area (Å²) in [5.74, 6) is 0.233. The van der Waals surface area contributed by atoms with E-state index >= 15 is 0 Å². The third-order valence-electron chi connectivity index (χ3n) is 5.17. The molecule has 0 saturated carbocycles. The van der Waals surface area contributed by atoms with Gasteiger partial charge in [-0.25, -0.2) is 4.68 Å². The molecule has 0 aromatic carbocycles. The van der Waals surface area contributed by atoms with Gasteiger partial charge in [0.1, 0.15) is 5.69 Å². The quantitative estimate of drug-likeness (QED) is 0.801. The highest BCUT2D eigenvalue weighted by atomic mass is 16.5. The van der Waals surface area contributed by atoms with Gasteiger partial charge in [0.2, 0.25) is 0 Å². The van der Waals surface area contributed by atoms with E-state index in [1.54, 1.807) is 31.0 Å². The highest BCUT2D eigenvalue weighted by Gasteiger charge is 2.25. The average Bonchev–Trinajstić information content (AvgIpc) is 3.41. The summed E-state index contributed by atoms with van der Waals surface area (Å²) >= 11 is 0. The van der Waals surface area contributed by atoms with Crippen LogP contribution in [0.25, 0.3) is 5.57 Å². The van der Waals surface area contributed by atoms with Gasteiger partial charge in [-0.05, 0) is 43.4 Å². The smallest absolute Gasteiger partial charge is 0.275 e. The molecule has 3 heterocycles. The van der Waals surface area contributed by atoms with Crippen LogP contribution in [0.1, 0.15) is 60.2 Å². The van der Waals surface area contributed by atoms with Crippen molar-refractivity contribution in [2.24, 2.45) is 7.05 Å². The van der Waals surface area contributed by atoms with Crippen LogP contribution in [0.5, 0.6) is 0 Å². The van der Waals surface area contributed by atoms with Crippen molar-refractivity contribution in [3.63, 3.8) is 0 Å². The molecule has 2 aromatic heterocycles. The van der Waals surface area contributed by atoms with E-state index in [4.69, 9.17) is 9.47 Å². The van der Waals surface area contributed by atoms with Crippen LogP contribution >= 0.6 is 0 Å². The lowest BCUT2D eigenvalue weighted by molar-refractivity contribution is -0.114. The lowest BCUT2D eigenvalue weighted by Crippen LogP contribution is -2.21. The molecule has 0 bridgehead atoms. The summed E-state index contributed by atoms with van der Waals surface area (Å²) in [7, 11) is 3.29. The van der Waals surface area contributed by atoms with Crippen LogP contribution in [0.15, 0.2) is 18.2 Å². The number of ketones is 1. The third kappa shape index (κ3) is 4.15. The lowest BCUT2D eigenvalue weighted by atomic mass is 10.1. The van der Waals surface area contributed by atoms with E-state index in [1.807, 2.05) is 6.07 Å². The predicted molar refractivity (Wildman–Crippen MR) is 105 cm³/mol. The van der Waals surface area contributed by atoms with E-state index in [1.165, 1.54) is 4.68 Å². The molecule has 1 N–H and O–H groups in total. The molecule has 1 unspecified atom stereocenters. The van der Waals surface area contributed by atoms with E-state index < -0.39 is 0 Å². The fraction of sp³-hybridized carbons (Fsp3) is 0.500. The van der Waals surface area contributed by atoms with Crippen LogP contribution in [0.4, 0.5) is 5.82 Å². The first-order chi connectivity index (χ1) is 14.0. The van der Waals surface area contributed by atoms with Crippen molar-refractivity contribution in [3.8, 4) is 0 Å². The number of hydrogen-bond donors (Lipinski definition) is 1. The summed E-state index contributed by atoms with van der Waals surface area (Å²) in [6.07, 6.45) is 5.60. The Balaban J connectivity index is 1.60. The Labute approximate surface area is 168 Å². The Kier molecular flexibility index (Phi) is 5.59. The second kappa shape index (κ2) is 8.30. The Bertz CT molecular complexity index is 952. The highest BCUT2D eigenvalue weighted by Crippen LogP contribution is 2.32. The second-order valence-electron chi connectivity index (χ2n) is 7.35. The molecule has 2 aromatic rings. The summed E-state index contributed by atoms with van der Waals surface area (Å²) in [4.78, 5) is 24.5.